The molecule has 3 aromatic heterocycles. The molecule has 3 heterocycles. The third-order valence-corrected chi connectivity index (χ3v) is 11.6. The van der Waals surface area contributed by atoms with E-state index in [1.165, 1.54) is 6.20 Å². The summed E-state index contributed by atoms with van der Waals surface area (Å²) in [6.45, 7) is 12.7. The van der Waals surface area contributed by atoms with Crippen molar-refractivity contribution in [2.24, 2.45) is 0 Å². The van der Waals surface area contributed by atoms with Gasteiger partial charge in [-0.2, -0.15) is 0 Å². The molecule has 0 fully saturated rings. The summed E-state index contributed by atoms with van der Waals surface area (Å²) in [4.78, 5) is 35.9. The molecule has 0 spiro atoms. The van der Waals surface area contributed by atoms with Crippen molar-refractivity contribution in [3.05, 3.63) is 61.4 Å². The van der Waals surface area contributed by atoms with Crippen molar-refractivity contribution in [3.8, 4) is 5.69 Å². The predicted octanol–water partition coefficient (Wildman–Crippen LogP) is 5.97. The molecule has 7 nitrogen and oxygen atoms in total. The van der Waals surface area contributed by atoms with E-state index in [9.17, 15) is 22.8 Å². The number of hydrogen-bond acceptors (Lipinski definition) is 5. The molecule has 0 aliphatic carbocycles. The first-order valence-corrected chi connectivity index (χ1v) is 15.2. The van der Waals surface area contributed by atoms with E-state index < -0.39 is 49.5 Å². The molecule has 37 heavy (non-hydrogen) atoms. The van der Waals surface area contributed by atoms with Crippen molar-refractivity contribution in [1.82, 2.24) is 19.5 Å². The Balaban J connectivity index is 2.10. The predicted molar refractivity (Wildman–Crippen MR) is 141 cm³/mol. The van der Waals surface area contributed by atoms with Crippen LogP contribution in [0.2, 0.25) is 23.3 Å². The summed E-state index contributed by atoms with van der Waals surface area (Å²) >= 11 is 5.88. The Kier molecular flexibility index (Phi) is 8.12. The Morgan fingerprint density at radius 2 is 1.86 bits per heavy atom. The summed E-state index contributed by atoms with van der Waals surface area (Å²) in [6.07, 6.45) is 0.819. The molecule has 0 saturated heterocycles. The van der Waals surface area contributed by atoms with Crippen molar-refractivity contribution < 1.29 is 17.6 Å². The maximum atomic E-state index is 15.0. The van der Waals surface area contributed by atoms with E-state index in [1.807, 2.05) is 47.7 Å². The van der Waals surface area contributed by atoms with Crippen LogP contribution in [-0.4, -0.2) is 40.4 Å². The second-order valence-electron chi connectivity index (χ2n) is 11.0. The van der Waals surface area contributed by atoms with Gasteiger partial charge in [0.15, 0.2) is 24.9 Å². The van der Waals surface area contributed by atoms with Crippen LogP contribution in [0.5, 0.6) is 0 Å². The van der Waals surface area contributed by atoms with Gasteiger partial charge in [0.05, 0.1) is 23.4 Å². The molecular formula is C25H32ClF3N4O3Si. The van der Waals surface area contributed by atoms with E-state index >= 15 is 0 Å². The molecule has 0 aromatic carbocycles. The normalized spacial score (nSPS) is 13.1. The highest BCUT2D eigenvalue weighted by Gasteiger charge is 2.40. The van der Waals surface area contributed by atoms with Crippen LogP contribution >= 0.6 is 11.6 Å². The number of rotatable bonds is 8. The number of pyridine rings is 2. The minimum atomic E-state index is -3.13. The summed E-state index contributed by atoms with van der Waals surface area (Å²) in [5.41, 5.74) is -0.870. The lowest BCUT2D eigenvalue weighted by Gasteiger charge is -2.37. The summed E-state index contributed by atoms with van der Waals surface area (Å²) in [5, 5.41) is -0.954. The lowest BCUT2D eigenvalue weighted by molar-refractivity contribution is -0.0512. The molecule has 0 bridgehead atoms. The van der Waals surface area contributed by atoms with E-state index in [-0.39, 0.29) is 34.1 Å². The summed E-state index contributed by atoms with van der Waals surface area (Å²) in [7, 11) is -2.38. The molecule has 202 valence electrons. The number of halogens is 4. The molecule has 0 saturated carbocycles. The van der Waals surface area contributed by atoms with Gasteiger partial charge >= 0.3 is 5.69 Å². The minimum Gasteiger partial charge on any atom is -0.411 e. The highest BCUT2D eigenvalue weighted by molar-refractivity contribution is 6.74. The highest BCUT2D eigenvalue weighted by atomic mass is 35.5. The molecular weight excluding hydrogens is 525 g/mol. The second kappa shape index (κ2) is 10.3. The minimum absolute atomic E-state index is 0.118. The highest BCUT2D eigenvalue weighted by Crippen LogP contribution is 2.38. The molecule has 0 unspecified atom stereocenters. The smallest absolute Gasteiger partial charge is 0.334 e. The summed E-state index contributed by atoms with van der Waals surface area (Å²) < 4.78 is 50.9. The molecule has 0 atom stereocenters. The Morgan fingerprint density at radius 3 is 2.46 bits per heavy atom. The number of nitrogens with one attached hydrogen (secondary N) is 1. The SMILES string of the molecule is CC(C)c1nccc(CCC(F)(F)CO[Si](C)(C)C(C)(C)C)c1-n1c(=O)[nH]c(=O)c2cc(F)c(Cl)nc21. The van der Waals surface area contributed by atoms with Crippen LogP contribution in [0.4, 0.5) is 13.2 Å². The fraction of sp³-hybridized carbons (Fsp3) is 0.520. The average Bonchev–Trinajstić information content (AvgIpc) is 2.77. The number of fused-ring (bicyclic) bond motifs is 1. The first-order valence-electron chi connectivity index (χ1n) is 12.0. The maximum absolute atomic E-state index is 15.0. The Labute approximate surface area is 219 Å². The molecule has 1 N–H and O–H groups in total. The lowest BCUT2D eigenvalue weighted by atomic mass is 9.99. The average molecular weight is 557 g/mol. The Morgan fingerprint density at radius 1 is 1.22 bits per heavy atom. The zero-order chi connectivity index (χ0) is 27.9. The fourth-order valence-corrected chi connectivity index (χ4v) is 4.75. The van der Waals surface area contributed by atoms with E-state index in [4.69, 9.17) is 16.0 Å². The molecule has 0 aliphatic heterocycles. The van der Waals surface area contributed by atoms with Gasteiger partial charge in [-0.15, -0.1) is 0 Å². The number of aromatic amines is 1. The number of alkyl halides is 2. The number of aromatic nitrogens is 4. The zero-order valence-corrected chi connectivity index (χ0v) is 23.8. The molecule has 0 aliphatic rings. The van der Waals surface area contributed by atoms with E-state index in [2.05, 4.69) is 15.0 Å². The standard InChI is InChI=1S/C25H32ClF3N4O3Si/c1-14(2)18-19(33-21-16(22(34)32-23(33)35)12-17(27)20(26)31-21)15(9-11-30-18)8-10-25(28,29)13-36-37(6,7)24(3,4)5/h9,11-12,14H,8,10,13H2,1-7H3,(H,32,34,35). The van der Waals surface area contributed by atoms with Crippen LogP contribution in [0, 0.1) is 5.82 Å². The van der Waals surface area contributed by atoms with Gasteiger partial charge in [0.2, 0.25) is 0 Å². The van der Waals surface area contributed by atoms with Crippen molar-refractivity contribution in [1.29, 1.82) is 0 Å². The number of hydrogen-bond donors (Lipinski definition) is 1. The van der Waals surface area contributed by atoms with Gasteiger partial charge in [0.1, 0.15) is 0 Å². The quantitative estimate of drug-likeness (QED) is 0.272. The van der Waals surface area contributed by atoms with Gasteiger partial charge in [-0.3, -0.25) is 14.8 Å². The van der Waals surface area contributed by atoms with Gasteiger partial charge < -0.3 is 4.43 Å². The number of nitrogens with zero attached hydrogens (tertiary/aromatic N) is 3. The lowest BCUT2D eigenvalue weighted by Crippen LogP contribution is -2.44. The summed E-state index contributed by atoms with van der Waals surface area (Å²) in [6, 6.07) is 2.43. The van der Waals surface area contributed by atoms with Crippen LogP contribution < -0.4 is 11.2 Å². The Bertz CT molecular complexity index is 1430. The fourth-order valence-electron chi connectivity index (χ4n) is 3.61. The van der Waals surface area contributed by atoms with Crippen molar-refractivity contribution >= 4 is 31.0 Å². The van der Waals surface area contributed by atoms with Gasteiger partial charge in [-0.1, -0.05) is 46.2 Å². The molecule has 3 aromatic rings. The van der Waals surface area contributed by atoms with Crippen molar-refractivity contribution in [2.45, 2.75) is 77.4 Å². The molecule has 0 amide bonds. The zero-order valence-electron chi connectivity index (χ0n) is 22.0. The van der Waals surface area contributed by atoms with Gasteiger partial charge in [0, 0.05) is 12.6 Å². The third kappa shape index (κ3) is 6.15. The van der Waals surface area contributed by atoms with E-state index in [0.717, 1.165) is 10.6 Å². The van der Waals surface area contributed by atoms with Gasteiger partial charge in [0.25, 0.3) is 11.5 Å². The van der Waals surface area contributed by atoms with Crippen LogP contribution in [-0.2, 0) is 10.8 Å². The molecule has 0 radical (unpaired) electrons. The molecule has 12 heteroatoms. The number of H-pyrrole nitrogens is 1. The largest absolute Gasteiger partial charge is 0.411 e. The van der Waals surface area contributed by atoms with Crippen LogP contribution in [0.25, 0.3) is 16.7 Å². The summed E-state index contributed by atoms with van der Waals surface area (Å²) in [5.74, 6) is -4.28. The topological polar surface area (TPSA) is 89.9 Å². The van der Waals surface area contributed by atoms with Crippen LogP contribution in [0.1, 0.15) is 58.2 Å². The second-order valence-corrected chi connectivity index (χ2v) is 16.2. The van der Waals surface area contributed by atoms with E-state index in [0.29, 0.717) is 11.3 Å². The maximum Gasteiger partial charge on any atom is 0.334 e. The van der Waals surface area contributed by atoms with Crippen molar-refractivity contribution in [3.63, 3.8) is 0 Å². The van der Waals surface area contributed by atoms with Crippen LogP contribution in [0.15, 0.2) is 27.9 Å². The molecule has 3 rings (SSSR count). The first kappa shape index (κ1) is 29.1. The number of aryl methyl sites for hydroxylation is 1. The van der Waals surface area contributed by atoms with Gasteiger partial charge in [-0.25, -0.2) is 27.5 Å². The van der Waals surface area contributed by atoms with E-state index in [1.54, 1.807) is 6.07 Å². The third-order valence-electron chi connectivity index (χ3n) is 6.81. The van der Waals surface area contributed by atoms with Crippen LogP contribution in [0.3, 0.4) is 0 Å². The monoisotopic (exact) mass is 556 g/mol. The first-order chi connectivity index (χ1) is 16.9. The van der Waals surface area contributed by atoms with Crippen molar-refractivity contribution in [2.75, 3.05) is 6.61 Å². The van der Waals surface area contributed by atoms with Gasteiger partial charge in [-0.05, 0) is 48.2 Å². The Hall–Kier alpha value is -2.50.